The number of benzene rings is 4. The molecular weight excluding hydrogens is 512 g/mol. The monoisotopic (exact) mass is 544 g/mol. The summed E-state index contributed by atoms with van der Waals surface area (Å²) in [6.45, 7) is 3.95. The molecule has 41 heavy (non-hydrogen) atoms. The highest BCUT2D eigenvalue weighted by molar-refractivity contribution is 5.98. The van der Waals surface area contributed by atoms with Gasteiger partial charge in [-0.25, -0.2) is 4.68 Å². The van der Waals surface area contributed by atoms with Crippen LogP contribution in [0.5, 0.6) is 0 Å². The first-order valence-electron chi connectivity index (χ1n) is 14.4. The molecule has 0 saturated carbocycles. The van der Waals surface area contributed by atoms with Crippen LogP contribution in [-0.2, 0) is 30.7 Å². The standard InChI is InChI=1S/C34H32N4O3/c1-21-29-11-12-31-33(21)35-36-38(31)14-3-2-4-22-5-6-23-8-10-26(18-27(23)16-22)34(41)37-15-13-24-7-9-25(17-28(24)20-37)30(29)19-32(39)40/h5-12,16-18,30H,2-4,13-15,19-20H2,1H3,(H,39,40). The predicted molar refractivity (Wildman–Crippen MR) is 158 cm³/mol. The van der Waals surface area contributed by atoms with Gasteiger partial charge in [-0.1, -0.05) is 53.7 Å². The molecule has 0 fully saturated rings. The first-order chi connectivity index (χ1) is 19.9. The van der Waals surface area contributed by atoms with Crippen LogP contribution < -0.4 is 0 Å². The third kappa shape index (κ3) is 4.65. The number of hydrogen-bond acceptors (Lipinski definition) is 4. The molecule has 4 aromatic carbocycles. The number of amides is 1. The summed E-state index contributed by atoms with van der Waals surface area (Å²) in [5, 5.41) is 21.1. The summed E-state index contributed by atoms with van der Waals surface area (Å²) in [5.41, 5.74) is 8.92. The highest BCUT2D eigenvalue weighted by Gasteiger charge is 2.26. The number of carboxylic acid groups (broad SMARTS) is 1. The van der Waals surface area contributed by atoms with Crippen molar-refractivity contribution in [3.8, 4) is 0 Å². The van der Waals surface area contributed by atoms with Crippen molar-refractivity contribution in [2.75, 3.05) is 6.54 Å². The number of aromatic nitrogens is 3. The first kappa shape index (κ1) is 25.4. The maximum Gasteiger partial charge on any atom is 0.304 e. The molecule has 5 aromatic rings. The molecule has 4 heterocycles. The molecule has 0 spiro atoms. The molecule has 0 aliphatic carbocycles. The van der Waals surface area contributed by atoms with Crippen molar-refractivity contribution in [2.45, 2.75) is 58.0 Å². The molecule has 1 atom stereocenters. The molecule has 7 heteroatoms. The average Bonchev–Trinajstić information content (AvgIpc) is 3.40. The summed E-state index contributed by atoms with van der Waals surface area (Å²) < 4.78 is 1.96. The lowest BCUT2D eigenvalue weighted by molar-refractivity contribution is -0.137. The van der Waals surface area contributed by atoms with E-state index < -0.39 is 5.97 Å². The van der Waals surface area contributed by atoms with Gasteiger partial charge in [0, 0.05) is 31.1 Å². The van der Waals surface area contributed by atoms with E-state index in [0.29, 0.717) is 18.7 Å². The fourth-order valence-electron chi connectivity index (χ4n) is 6.63. The second kappa shape index (κ2) is 10.1. The van der Waals surface area contributed by atoms with Crippen molar-refractivity contribution >= 4 is 33.7 Å². The summed E-state index contributed by atoms with van der Waals surface area (Å²) in [6.07, 6.45) is 3.67. The Kier molecular flexibility index (Phi) is 6.30. The van der Waals surface area contributed by atoms with Gasteiger partial charge in [0.05, 0.1) is 11.9 Å². The quantitative estimate of drug-likeness (QED) is 0.293. The van der Waals surface area contributed by atoms with Gasteiger partial charge in [-0.05, 0) is 95.0 Å². The first-order valence-corrected chi connectivity index (χ1v) is 14.4. The second-order valence-electron chi connectivity index (χ2n) is 11.5. The van der Waals surface area contributed by atoms with E-state index in [-0.39, 0.29) is 18.2 Å². The topological polar surface area (TPSA) is 88.3 Å². The zero-order chi connectivity index (χ0) is 28.1. The molecule has 0 saturated heterocycles. The SMILES string of the molecule is Cc1c2ccc3c1nnn3CCCCc1ccc3ccc(cc3c1)C(=O)N1CCc3ccc(cc3C1)C2CC(=O)O. The van der Waals surface area contributed by atoms with E-state index in [1.807, 2.05) is 46.8 Å². The molecule has 1 N–H and O–H groups in total. The van der Waals surface area contributed by atoms with E-state index in [9.17, 15) is 14.7 Å². The van der Waals surface area contributed by atoms with Gasteiger partial charge >= 0.3 is 5.97 Å². The van der Waals surface area contributed by atoms with E-state index >= 15 is 0 Å². The van der Waals surface area contributed by atoms with Gasteiger partial charge in [0.25, 0.3) is 5.91 Å². The largest absolute Gasteiger partial charge is 0.481 e. The maximum absolute atomic E-state index is 13.7. The number of aryl methyl sites for hydroxylation is 3. The predicted octanol–water partition coefficient (Wildman–Crippen LogP) is 6.03. The Morgan fingerprint density at radius 2 is 1.80 bits per heavy atom. The zero-order valence-electron chi connectivity index (χ0n) is 23.1. The highest BCUT2D eigenvalue weighted by atomic mass is 16.4. The number of fused-ring (bicyclic) bond motifs is 4. The van der Waals surface area contributed by atoms with Gasteiger partial charge in [-0.2, -0.15) is 0 Å². The smallest absolute Gasteiger partial charge is 0.304 e. The number of carboxylic acids is 1. The molecule has 0 radical (unpaired) electrons. The van der Waals surface area contributed by atoms with Crippen LogP contribution in [0.2, 0.25) is 0 Å². The second-order valence-corrected chi connectivity index (χ2v) is 11.5. The molecular formula is C34H32N4O3. The third-order valence-electron chi connectivity index (χ3n) is 8.91. The minimum atomic E-state index is -0.850. The van der Waals surface area contributed by atoms with Crippen LogP contribution in [0, 0.1) is 6.92 Å². The van der Waals surface area contributed by atoms with E-state index in [0.717, 1.165) is 76.3 Å². The van der Waals surface area contributed by atoms with E-state index in [2.05, 4.69) is 46.7 Å². The average molecular weight is 545 g/mol. The molecule has 10 bridgehead atoms. The van der Waals surface area contributed by atoms with Crippen molar-refractivity contribution < 1.29 is 14.7 Å². The Balaban J connectivity index is 1.35. The highest BCUT2D eigenvalue weighted by Crippen LogP contribution is 2.35. The summed E-state index contributed by atoms with van der Waals surface area (Å²) >= 11 is 0. The molecule has 8 rings (SSSR count). The Morgan fingerprint density at radius 1 is 0.927 bits per heavy atom. The lowest BCUT2D eigenvalue weighted by Crippen LogP contribution is -2.36. The van der Waals surface area contributed by atoms with Crippen LogP contribution in [0.25, 0.3) is 21.8 Å². The Hall–Kier alpha value is -4.52. The molecule has 1 unspecified atom stereocenters. The number of rotatable bonds is 2. The lowest BCUT2D eigenvalue weighted by Gasteiger charge is -2.30. The molecule has 206 valence electrons. The number of aliphatic carboxylic acids is 1. The lowest BCUT2D eigenvalue weighted by atomic mass is 9.83. The van der Waals surface area contributed by atoms with Gasteiger partial charge < -0.3 is 10.0 Å². The number of carbonyl (C=O) groups is 2. The normalized spacial score (nSPS) is 17.2. The van der Waals surface area contributed by atoms with Gasteiger partial charge in [-0.3, -0.25) is 9.59 Å². The molecule has 7 nitrogen and oxygen atoms in total. The Bertz CT molecular complexity index is 1840. The number of nitrogens with zero attached hydrogens (tertiary/aromatic N) is 4. The summed E-state index contributed by atoms with van der Waals surface area (Å²) in [6, 6.07) is 22.9. The van der Waals surface area contributed by atoms with Gasteiger partial charge in [-0.15, -0.1) is 5.10 Å². The maximum atomic E-state index is 13.7. The Morgan fingerprint density at radius 3 is 2.68 bits per heavy atom. The molecule has 1 amide bonds. The van der Waals surface area contributed by atoms with Crippen LogP contribution in [0.3, 0.4) is 0 Å². The fourth-order valence-corrected chi connectivity index (χ4v) is 6.63. The van der Waals surface area contributed by atoms with E-state index in [1.54, 1.807) is 0 Å². The third-order valence-corrected chi connectivity index (χ3v) is 8.91. The summed E-state index contributed by atoms with van der Waals surface area (Å²) in [5.74, 6) is -1.15. The molecule has 3 aliphatic heterocycles. The molecule has 3 aliphatic rings. The van der Waals surface area contributed by atoms with Crippen LogP contribution in [0.1, 0.15) is 68.9 Å². The fraction of sp³-hybridized carbons (Fsp3) is 0.294. The van der Waals surface area contributed by atoms with Crippen molar-refractivity contribution in [3.63, 3.8) is 0 Å². The summed E-state index contributed by atoms with van der Waals surface area (Å²) in [7, 11) is 0. The van der Waals surface area contributed by atoms with Gasteiger partial charge in [0.1, 0.15) is 5.52 Å². The van der Waals surface area contributed by atoms with Crippen LogP contribution >= 0.6 is 0 Å². The van der Waals surface area contributed by atoms with Crippen molar-refractivity contribution in [1.29, 1.82) is 0 Å². The zero-order valence-corrected chi connectivity index (χ0v) is 23.1. The Labute approximate surface area is 238 Å². The van der Waals surface area contributed by atoms with Crippen molar-refractivity contribution in [2.24, 2.45) is 0 Å². The summed E-state index contributed by atoms with van der Waals surface area (Å²) in [4.78, 5) is 27.7. The van der Waals surface area contributed by atoms with Crippen LogP contribution in [0.4, 0.5) is 0 Å². The van der Waals surface area contributed by atoms with E-state index in [1.165, 1.54) is 11.1 Å². The number of hydrogen-bond donors (Lipinski definition) is 1. The van der Waals surface area contributed by atoms with Crippen molar-refractivity contribution in [3.05, 3.63) is 106 Å². The molecule has 1 aromatic heterocycles. The van der Waals surface area contributed by atoms with E-state index in [4.69, 9.17) is 0 Å². The van der Waals surface area contributed by atoms with Gasteiger partial charge in [0.2, 0.25) is 0 Å². The van der Waals surface area contributed by atoms with Crippen LogP contribution in [0.15, 0.2) is 66.7 Å². The number of carbonyl (C=O) groups excluding carboxylic acids is 1. The van der Waals surface area contributed by atoms with Crippen LogP contribution in [-0.4, -0.2) is 43.4 Å². The van der Waals surface area contributed by atoms with Gasteiger partial charge in [0.15, 0.2) is 0 Å². The minimum Gasteiger partial charge on any atom is -0.481 e. The minimum absolute atomic E-state index is 0.0274. The van der Waals surface area contributed by atoms with Crippen molar-refractivity contribution in [1.82, 2.24) is 19.9 Å².